The molecule has 0 saturated heterocycles. The standard InChI is InChI=1S/C14H21N3O/c1-2-3-4-5-6-9-15-11-7-8-12-13(10-11)17-14(18)16-12/h7-8,10,15H,2-6,9H2,1H3,(H2,16,17,18). The molecule has 0 atom stereocenters. The largest absolute Gasteiger partial charge is 0.385 e. The second-order valence-electron chi connectivity index (χ2n) is 4.68. The summed E-state index contributed by atoms with van der Waals surface area (Å²) in [5.74, 6) is 0. The van der Waals surface area contributed by atoms with Crippen molar-refractivity contribution in [3.63, 3.8) is 0 Å². The topological polar surface area (TPSA) is 60.7 Å². The molecule has 0 radical (unpaired) electrons. The molecule has 18 heavy (non-hydrogen) atoms. The number of aromatic amines is 2. The van der Waals surface area contributed by atoms with E-state index in [4.69, 9.17) is 0 Å². The number of hydrogen-bond donors (Lipinski definition) is 3. The van der Waals surface area contributed by atoms with Crippen LogP contribution in [0.3, 0.4) is 0 Å². The Bertz CT molecular complexity index is 541. The zero-order chi connectivity index (χ0) is 12.8. The number of H-pyrrole nitrogens is 2. The van der Waals surface area contributed by atoms with E-state index in [0.29, 0.717) is 0 Å². The summed E-state index contributed by atoms with van der Waals surface area (Å²) < 4.78 is 0. The van der Waals surface area contributed by atoms with Gasteiger partial charge in [0.1, 0.15) is 0 Å². The fourth-order valence-corrected chi connectivity index (χ4v) is 2.10. The van der Waals surface area contributed by atoms with Gasteiger partial charge >= 0.3 is 5.69 Å². The van der Waals surface area contributed by atoms with Crippen molar-refractivity contribution in [2.45, 2.75) is 39.0 Å². The Labute approximate surface area is 107 Å². The van der Waals surface area contributed by atoms with Gasteiger partial charge in [-0.25, -0.2) is 4.79 Å². The van der Waals surface area contributed by atoms with Gasteiger partial charge in [-0.05, 0) is 24.6 Å². The van der Waals surface area contributed by atoms with Gasteiger partial charge in [0.05, 0.1) is 11.0 Å². The molecule has 0 unspecified atom stereocenters. The van der Waals surface area contributed by atoms with E-state index < -0.39 is 0 Å². The first-order chi connectivity index (χ1) is 8.79. The number of hydrogen-bond acceptors (Lipinski definition) is 2. The summed E-state index contributed by atoms with van der Waals surface area (Å²) in [5, 5.41) is 3.39. The van der Waals surface area contributed by atoms with Crippen molar-refractivity contribution in [3.05, 3.63) is 28.7 Å². The van der Waals surface area contributed by atoms with E-state index >= 15 is 0 Å². The highest BCUT2D eigenvalue weighted by Crippen LogP contribution is 2.14. The third-order valence-electron chi connectivity index (χ3n) is 3.13. The number of imidazole rings is 1. The predicted molar refractivity (Wildman–Crippen MR) is 76.2 cm³/mol. The first-order valence-electron chi connectivity index (χ1n) is 6.75. The molecule has 0 spiro atoms. The average molecular weight is 247 g/mol. The maximum absolute atomic E-state index is 11.1. The van der Waals surface area contributed by atoms with Crippen LogP contribution in [0.4, 0.5) is 5.69 Å². The smallest absolute Gasteiger partial charge is 0.323 e. The highest BCUT2D eigenvalue weighted by Gasteiger charge is 1.99. The molecule has 0 aliphatic carbocycles. The van der Waals surface area contributed by atoms with Gasteiger partial charge in [0.15, 0.2) is 0 Å². The van der Waals surface area contributed by atoms with Crippen molar-refractivity contribution in [1.82, 2.24) is 9.97 Å². The Balaban J connectivity index is 1.82. The summed E-state index contributed by atoms with van der Waals surface area (Å²) in [6, 6.07) is 5.89. The van der Waals surface area contributed by atoms with Crippen LogP contribution in [-0.2, 0) is 0 Å². The Morgan fingerprint density at radius 3 is 2.67 bits per heavy atom. The van der Waals surface area contributed by atoms with Gasteiger partial charge in [0.2, 0.25) is 0 Å². The highest BCUT2D eigenvalue weighted by atomic mass is 16.1. The molecule has 3 N–H and O–H groups in total. The Morgan fingerprint density at radius 2 is 1.83 bits per heavy atom. The number of anilines is 1. The third kappa shape index (κ3) is 3.39. The molecular formula is C14H21N3O. The number of aromatic nitrogens is 2. The van der Waals surface area contributed by atoms with Crippen molar-refractivity contribution >= 4 is 16.7 Å². The number of unbranched alkanes of at least 4 members (excludes halogenated alkanes) is 4. The summed E-state index contributed by atoms with van der Waals surface area (Å²) in [4.78, 5) is 16.6. The second kappa shape index (κ2) is 6.28. The summed E-state index contributed by atoms with van der Waals surface area (Å²) in [6.45, 7) is 3.22. The number of benzene rings is 1. The molecule has 98 valence electrons. The quantitative estimate of drug-likeness (QED) is 0.658. The normalized spacial score (nSPS) is 10.9. The first kappa shape index (κ1) is 12.7. The lowest BCUT2D eigenvalue weighted by atomic mass is 10.1. The van der Waals surface area contributed by atoms with E-state index in [9.17, 15) is 4.79 Å². The summed E-state index contributed by atoms with van der Waals surface area (Å²) >= 11 is 0. The van der Waals surface area contributed by atoms with Crippen LogP contribution in [0.25, 0.3) is 11.0 Å². The van der Waals surface area contributed by atoms with E-state index in [-0.39, 0.29) is 5.69 Å². The number of fused-ring (bicyclic) bond motifs is 1. The van der Waals surface area contributed by atoms with Crippen LogP contribution in [0.2, 0.25) is 0 Å². The molecule has 2 aromatic rings. The molecule has 2 rings (SSSR count). The van der Waals surface area contributed by atoms with E-state index in [1.54, 1.807) is 0 Å². The summed E-state index contributed by atoms with van der Waals surface area (Å²) in [5.41, 5.74) is 2.62. The lowest BCUT2D eigenvalue weighted by molar-refractivity contribution is 0.645. The first-order valence-corrected chi connectivity index (χ1v) is 6.75. The monoisotopic (exact) mass is 247 g/mol. The second-order valence-corrected chi connectivity index (χ2v) is 4.68. The van der Waals surface area contributed by atoms with Gasteiger partial charge in [-0.3, -0.25) is 0 Å². The van der Waals surface area contributed by atoms with Crippen molar-refractivity contribution in [3.8, 4) is 0 Å². The van der Waals surface area contributed by atoms with Crippen LogP contribution in [0.15, 0.2) is 23.0 Å². The van der Waals surface area contributed by atoms with Crippen molar-refractivity contribution < 1.29 is 0 Å². The Hall–Kier alpha value is -1.71. The molecular weight excluding hydrogens is 226 g/mol. The molecule has 0 aliphatic heterocycles. The molecule has 0 saturated carbocycles. The van der Waals surface area contributed by atoms with E-state index in [2.05, 4.69) is 22.2 Å². The summed E-state index contributed by atoms with van der Waals surface area (Å²) in [7, 11) is 0. The van der Waals surface area contributed by atoms with Crippen molar-refractivity contribution in [1.29, 1.82) is 0 Å². The minimum absolute atomic E-state index is 0.151. The van der Waals surface area contributed by atoms with Gasteiger partial charge in [0, 0.05) is 12.2 Å². The van der Waals surface area contributed by atoms with E-state index in [1.807, 2.05) is 18.2 Å². The minimum atomic E-state index is -0.151. The fourth-order valence-electron chi connectivity index (χ4n) is 2.10. The third-order valence-corrected chi connectivity index (χ3v) is 3.13. The zero-order valence-corrected chi connectivity index (χ0v) is 10.9. The Kier molecular flexibility index (Phi) is 4.45. The highest BCUT2D eigenvalue weighted by molar-refractivity contribution is 5.78. The van der Waals surface area contributed by atoms with E-state index in [1.165, 1.54) is 32.1 Å². The summed E-state index contributed by atoms with van der Waals surface area (Å²) in [6.07, 6.45) is 6.41. The van der Waals surface area contributed by atoms with E-state index in [0.717, 1.165) is 23.3 Å². The van der Waals surface area contributed by atoms with Gasteiger partial charge in [-0.15, -0.1) is 0 Å². The van der Waals surface area contributed by atoms with Crippen molar-refractivity contribution in [2.75, 3.05) is 11.9 Å². The van der Waals surface area contributed by atoms with Crippen LogP contribution in [-0.4, -0.2) is 16.5 Å². The zero-order valence-electron chi connectivity index (χ0n) is 10.9. The van der Waals surface area contributed by atoms with Gasteiger partial charge in [0.25, 0.3) is 0 Å². The molecule has 0 bridgehead atoms. The van der Waals surface area contributed by atoms with Crippen LogP contribution in [0.1, 0.15) is 39.0 Å². The lowest BCUT2D eigenvalue weighted by Crippen LogP contribution is -2.01. The van der Waals surface area contributed by atoms with Crippen LogP contribution in [0.5, 0.6) is 0 Å². The molecule has 0 aliphatic rings. The SMILES string of the molecule is CCCCCCCNc1ccc2[nH]c(=O)[nH]c2c1. The van der Waals surface area contributed by atoms with Crippen LogP contribution < -0.4 is 11.0 Å². The molecule has 0 amide bonds. The molecule has 4 nitrogen and oxygen atoms in total. The molecule has 0 fully saturated rings. The minimum Gasteiger partial charge on any atom is -0.385 e. The molecule has 1 aromatic heterocycles. The van der Waals surface area contributed by atoms with Gasteiger partial charge < -0.3 is 15.3 Å². The van der Waals surface area contributed by atoms with Crippen LogP contribution >= 0.6 is 0 Å². The van der Waals surface area contributed by atoms with Gasteiger partial charge in [-0.2, -0.15) is 0 Å². The number of nitrogens with one attached hydrogen (secondary N) is 3. The predicted octanol–water partition coefficient (Wildman–Crippen LogP) is 3.24. The molecule has 4 heteroatoms. The maximum Gasteiger partial charge on any atom is 0.323 e. The Morgan fingerprint density at radius 1 is 1.06 bits per heavy atom. The van der Waals surface area contributed by atoms with Gasteiger partial charge in [-0.1, -0.05) is 32.6 Å². The maximum atomic E-state index is 11.1. The molecule has 1 heterocycles. The fraction of sp³-hybridized carbons (Fsp3) is 0.500. The number of rotatable bonds is 7. The van der Waals surface area contributed by atoms with Crippen LogP contribution in [0, 0.1) is 0 Å². The average Bonchev–Trinajstić information content (AvgIpc) is 2.73. The lowest BCUT2D eigenvalue weighted by Gasteiger charge is -2.06. The molecule has 1 aromatic carbocycles. The van der Waals surface area contributed by atoms with Crippen molar-refractivity contribution in [2.24, 2.45) is 0 Å².